The highest BCUT2D eigenvalue weighted by atomic mass is 16.6. The van der Waals surface area contributed by atoms with E-state index in [-0.39, 0.29) is 18.1 Å². The first-order chi connectivity index (χ1) is 7.37. The monoisotopic (exact) mass is 225 g/mol. The maximum absolute atomic E-state index is 11.9. The van der Waals surface area contributed by atoms with Gasteiger partial charge in [0.1, 0.15) is 11.4 Å². The lowest BCUT2D eigenvalue weighted by atomic mass is 9.79. The van der Waals surface area contributed by atoms with Gasteiger partial charge in [-0.1, -0.05) is 0 Å². The van der Waals surface area contributed by atoms with E-state index in [2.05, 4.69) is 0 Å². The lowest BCUT2D eigenvalue weighted by molar-refractivity contribution is -0.131. The summed E-state index contributed by atoms with van der Waals surface area (Å²) in [5.41, 5.74) is -0.461. The zero-order valence-corrected chi connectivity index (χ0v) is 10.2. The molecule has 0 aromatic heterocycles. The Balaban J connectivity index is 2.02. The molecule has 2 heterocycles. The zero-order chi connectivity index (χ0) is 11.9. The van der Waals surface area contributed by atoms with E-state index >= 15 is 0 Å². The van der Waals surface area contributed by atoms with Gasteiger partial charge in [-0.3, -0.25) is 4.79 Å². The fraction of sp³-hybridized carbons (Fsp3) is 0.833. The Morgan fingerprint density at radius 1 is 1.38 bits per heavy atom. The SMILES string of the molecule is CC(C)(C)OC(=O)N1CC2CCC1CC2=O. The van der Waals surface area contributed by atoms with E-state index in [0.717, 1.165) is 12.8 Å². The van der Waals surface area contributed by atoms with Crippen molar-refractivity contribution < 1.29 is 14.3 Å². The number of carbonyl (C=O) groups is 2. The molecule has 90 valence electrons. The molecule has 3 fully saturated rings. The van der Waals surface area contributed by atoms with Gasteiger partial charge in [-0.25, -0.2) is 4.79 Å². The molecule has 0 aromatic rings. The summed E-state index contributed by atoms with van der Waals surface area (Å²) >= 11 is 0. The molecule has 0 radical (unpaired) electrons. The highest BCUT2D eigenvalue weighted by molar-refractivity contribution is 5.85. The molecular weight excluding hydrogens is 206 g/mol. The van der Waals surface area contributed by atoms with Crippen molar-refractivity contribution in [3.63, 3.8) is 0 Å². The molecule has 0 spiro atoms. The quantitative estimate of drug-likeness (QED) is 0.633. The Bertz CT molecular complexity index is 319. The summed E-state index contributed by atoms with van der Waals surface area (Å²) in [7, 11) is 0. The molecular formula is C12H19NO3. The number of carbonyl (C=O) groups excluding carboxylic acids is 2. The van der Waals surface area contributed by atoms with Crippen LogP contribution in [0.3, 0.4) is 0 Å². The minimum Gasteiger partial charge on any atom is -0.444 e. The number of nitrogens with zero attached hydrogens (tertiary/aromatic N) is 1. The van der Waals surface area contributed by atoms with Crippen LogP contribution < -0.4 is 0 Å². The van der Waals surface area contributed by atoms with E-state index in [0.29, 0.717) is 18.7 Å². The molecule has 3 aliphatic rings. The van der Waals surface area contributed by atoms with E-state index in [9.17, 15) is 9.59 Å². The van der Waals surface area contributed by atoms with Crippen LogP contribution in [0.1, 0.15) is 40.0 Å². The number of fused-ring (bicyclic) bond motifs is 3. The second-order valence-corrected chi connectivity index (χ2v) is 5.73. The average Bonchev–Trinajstić information content (AvgIpc) is 2.15. The molecule has 16 heavy (non-hydrogen) atoms. The van der Waals surface area contributed by atoms with Crippen LogP contribution in [-0.4, -0.2) is 35.0 Å². The number of hydrogen-bond donors (Lipinski definition) is 0. The highest BCUT2D eigenvalue weighted by Crippen LogP contribution is 2.33. The van der Waals surface area contributed by atoms with Crippen molar-refractivity contribution in [1.29, 1.82) is 0 Å². The molecule has 2 saturated heterocycles. The van der Waals surface area contributed by atoms with E-state index in [1.165, 1.54) is 0 Å². The molecule has 1 saturated carbocycles. The van der Waals surface area contributed by atoms with Crippen molar-refractivity contribution in [3.05, 3.63) is 0 Å². The van der Waals surface area contributed by atoms with Gasteiger partial charge < -0.3 is 9.64 Å². The number of Topliss-reactive ketones (excluding diaryl/α,β-unsaturated/α-hetero) is 1. The summed E-state index contributed by atoms with van der Waals surface area (Å²) in [5.74, 6) is 0.369. The number of ketones is 1. The van der Waals surface area contributed by atoms with E-state index in [4.69, 9.17) is 4.74 Å². The second kappa shape index (κ2) is 3.75. The number of rotatable bonds is 0. The average molecular weight is 225 g/mol. The number of ether oxygens (including phenoxy) is 1. The first kappa shape index (κ1) is 11.4. The first-order valence-electron chi connectivity index (χ1n) is 5.89. The highest BCUT2D eigenvalue weighted by Gasteiger charge is 2.42. The third-order valence-corrected chi connectivity index (χ3v) is 3.23. The van der Waals surface area contributed by atoms with Gasteiger partial charge in [0.05, 0.1) is 0 Å². The normalized spacial score (nSPS) is 29.4. The minimum absolute atomic E-state index is 0.0533. The topological polar surface area (TPSA) is 46.6 Å². The van der Waals surface area contributed by atoms with Crippen LogP contribution in [0.2, 0.25) is 0 Å². The van der Waals surface area contributed by atoms with Crippen molar-refractivity contribution >= 4 is 11.9 Å². The molecule has 2 unspecified atom stereocenters. The molecule has 2 bridgehead atoms. The Kier molecular flexibility index (Phi) is 2.68. The Hall–Kier alpha value is -1.06. The fourth-order valence-corrected chi connectivity index (χ4v) is 2.45. The predicted octanol–water partition coefficient (Wildman–Crippen LogP) is 1.97. The number of hydrogen-bond acceptors (Lipinski definition) is 3. The largest absolute Gasteiger partial charge is 0.444 e. The molecule has 2 atom stereocenters. The maximum atomic E-state index is 11.9. The number of amides is 1. The molecule has 4 nitrogen and oxygen atoms in total. The smallest absolute Gasteiger partial charge is 0.410 e. The van der Waals surface area contributed by atoms with Gasteiger partial charge in [0, 0.05) is 24.9 Å². The van der Waals surface area contributed by atoms with E-state index in [1.807, 2.05) is 20.8 Å². The molecule has 0 N–H and O–H groups in total. The molecule has 1 amide bonds. The van der Waals surface area contributed by atoms with Crippen molar-refractivity contribution in [2.24, 2.45) is 5.92 Å². The van der Waals surface area contributed by atoms with Crippen LogP contribution in [0, 0.1) is 5.92 Å². The first-order valence-corrected chi connectivity index (χ1v) is 5.89. The molecule has 2 aliphatic heterocycles. The maximum Gasteiger partial charge on any atom is 0.410 e. The number of piperidine rings is 2. The molecule has 3 rings (SSSR count). The third kappa shape index (κ3) is 2.20. The van der Waals surface area contributed by atoms with Crippen LogP contribution in [0.4, 0.5) is 4.79 Å². The summed E-state index contributed by atoms with van der Waals surface area (Å²) in [4.78, 5) is 25.2. The van der Waals surface area contributed by atoms with Gasteiger partial charge in [0.15, 0.2) is 0 Å². The summed E-state index contributed by atoms with van der Waals surface area (Å²) < 4.78 is 5.34. The van der Waals surface area contributed by atoms with Gasteiger partial charge in [0.25, 0.3) is 0 Å². The zero-order valence-electron chi connectivity index (χ0n) is 10.2. The van der Waals surface area contributed by atoms with Gasteiger partial charge in [-0.15, -0.1) is 0 Å². The summed E-state index contributed by atoms with van der Waals surface area (Å²) in [6, 6.07) is 0.0762. The molecule has 1 aliphatic carbocycles. The van der Waals surface area contributed by atoms with Gasteiger partial charge in [-0.2, -0.15) is 0 Å². The van der Waals surface area contributed by atoms with Crippen molar-refractivity contribution in [3.8, 4) is 0 Å². The predicted molar refractivity (Wildman–Crippen MR) is 59.1 cm³/mol. The lowest BCUT2D eigenvalue weighted by Crippen LogP contribution is -2.55. The van der Waals surface area contributed by atoms with Crippen LogP contribution in [0.25, 0.3) is 0 Å². The van der Waals surface area contributed by atoms with Gasteiger partial charge >= 0.3 is 6.09 Å². The lowest BCUT2D eigenvalue weighted by Gasteiger charge is -2.44. The summed E-state index contributed by atoms with van der Waals surface area (Å²) in [5, 5.41) is 0. The third-order valence-electron chi connectivity index (χ3n) is 3.23. The summed E-state index contributed by atoms with van der Waals surface area (Å²) in [6.07, 6.45) is 2.12. The van der Waals surface area contributed by atoms with E-state index < -0.39 is 5.60 Å². The van der Waals surface area contributed by atoms with Crippen molar-refractivity contribution in [2.45, 2.75) is 51.7 Å². The van der Waals surface area contributed by atoms with Crippen LogP contribution >= 0.6 is 0 Å². The summed E-state index contributed by atoms with van der Waals surface area (Å²) in [6.45, 7) is 6.13. The van der Waals surface area contributed by atoms with Gasteiger partial charge in [-0.05, 0) is 33.6 Å². The van der Waals surface area contributed by atoms with Crippen LogP contribution in [0.15, 0.2) is 0 Å². The van der Waals surface area contributed by atoms with Crippen molar-refractivity contribution in [1.82, 2.24) is 4.90 Å². The standard InChI is InChI=1S/C12H19NO3/c1-12(2,3)16-11(15)13-7-8-4-5-9(13)6-10(8)14/h8-9H,4-7H2,1-3H3. The van der Waals surface area contributed by atoms with Crippen LogP contribution in [0.5, 0.6) is 0 Å². The van der Waals surface area contributed by atoms with Crippen LogP contribution in [-0.2, 0) is 9.53 Å². The molecule has 4 heteroatoms. The molecule has 0 aromatic carbocycles. The second-order valence-electron chi connectivity index (χ2n) is 5.73. The van der Waals surface area contributed by atoms with Gasteiger partial charge in [0.2, 0.25) is 0 Å². The van der Waals surface area contributed by atoms with E-state index in [1.54, 1.807) is 4.90 Å². The Morgan fingerprint density at radius 3 is 2.50 bits per heavy atom. The Morgan fingerprint density at radius 2 is 2.06 bits per heavy atom. The Labute approximate surface area is 95.9 Å². The van der Waals surface area contributed by atoms with Crippen molar-refractivity contribution in [2.75, 3.05) is 6.54 Å². The fourth-order valence-electron chi connectivity index (χ4n) is 2.45. The minimum atomic E-state index is -0.461.